The standard InChI is InChI=1S/C26H24N2O4/c1-16-6-8-19(9-7-16)23-22(24(29)21-11-10-20(32-3)13-17(21)2)25(30)26(31)28(23)15-18-5-4-12-27-14-18/h4-14,23,29H,15H2,1-3H3. The lowest BCUT2D eigenvalue weighted by Crippen LogP contribution is -2.29. The van der Waals surface area contributed by atoms with Crippen LogP contribution in [-0.4, -0.2) is 23.7 Å². The fourth-order valence-corrected chi connectivity index (χ4v) is 4.02. The van der Waals surface area contributed by atoms with Crippen molar-refractivity contribution < 1.29 is 24.4 Å². The zero-order valence-corrected chi connectivity index (χ0v) is 18.2. The molecule has 6 nitrogen and oxygen atoms in total. The first-order valence-corrected chi connectivity index (χ1v) is 10.3. The quantitative estimate of drug-likeness (QED) is 0.355. The number of hydrogen-bond acceptors (Lipinski definition) is 4. The zero-order valence-electron chi connectivity index (χ0n) is 18.2. The second-order valence-electron chi connectivity index (χ2n) is 7.91. The van der Waals surface area contributed by atoms with Crippen LogP contribution in [0.4, 0.5) is 0 Å². The number of nitrogens with zero attached hydrogens (tertiary/aromatic N) is 1. The van der Waals surface area contributed by atoms with Gasteiger partial charge in [0.1, 0.15) is 5.75 Å². The van der Waals surface area contributed by atoms with E-state index in [1.165, 1.54) is 4.90 Å². The zero-order chi connectivity index (χ0) is 22.8. The Balaban J connectivity index is 1.87. The lowest BCUT2D eigenvalue weighted by molar-refractivity contribution is -0.378. The van der Waals surface area contributed by atoms with Gasteiger partial charge in [0.25, 0.3) is 5.91 Å². The molecule has 6 heteroatoms. The number of nitrogens with one attached hydrogen (secondary N) is 1. The molecule has 1 aliphatic heterocycles. The van der Waals surface area contributed by atoms with Gasteiger partial charge < -0.3 is 14.7 Å². The molecule has 32 heavy (non-hydrogen) atoms. The van der Waals surface area contributed by atoms with E-state index in [-0.39, 0.29) is 12.1 Å². The molecule has 1 N–H and O–H groups in total. The highest BCUT2D eigenvalue weighted by atomic mass is 16.5. The van der Waals surface area contributed by atoms with Gasteiger partial charge in [0, 0.05) is 17.2 Å². The van der Waals surface area contributed by atoms with Gasteiger partial charge >= 0.3 is 0 Å². The highest BCUT2D eigenvalue weighted by molar-refractivity contribution is 6.46. The van der Waals surface area contributed by atoms with Crippen LogP contribution in [-0.2, 0) is 16.1 Å². The number of amides is 1. The Kier molecular flexibility index (Phi) is 5.77. The molecule has 1 unspecified atom stereocenters. The number of rotatable bonds is 5. The first-order chi connectivity index (χ1) is 15.4. The minimum absolute atomic E-state index is 0.0213. The third-order valence-electron chi connectivity index (χ3n) is 5.73. The predicted molar refractivity (Wildman–Crippen MR) is 117 cm³/mol. The van der Waals surface area contributed by atoms with Gasteiger partial charge in [-0.3, -0.25) is 9.59 Å². The van der Waals surface area contributed by atoms with E-state index in [9.17, 15) is 14.7 Å². The fraction of sp³-hybridized carbons (Fsp3) is 0.192. The summed E-state index contributed by atoms with van der Waals surface area (Å²) in [5, 5.41) is 13.6. The molecule has 0 radical (unpaired) electrons. The number of aryl methyl sites for hydroxylation is 2. The maximum Gasteiger partial charge on any atom is 0.295 e. The number of likely N-dealkylation sites (tertiary alicyclic amines) is 1. The molecule has 1 fully saturated rings. The normalized spacial score (nSPS) is 17.6. The number of Topliss-reactive ketones (excluding diaryl/α,β-unsaturated/α-hetero) is 1. The molecule has 162 valence electrons. The van der Waals surface area contributed by atoms with E-state index in [4.69, 9.17) is 4.74 Å². The Morgan fingerprint density at radius 2 is 1.84 bits per heavy atom. The number of aromatic nitrogens is 1. The maximum atomic E-state index is 13.6. The van der Waals surface area contributed by atoms with Gasteiger partial charge in [0.2, 0.25) is 5.78 Å². The lowest BCUT2D eigenvalue weighted by Gasteiger charge is -2.28. The van der Waals surface area contributed by atoms with Crippen LogP contribution in [0.15, 0.2) is 72.6 Å². The third-order valence-corrected chi connectivity index (χ3v) is 5.73. The van der Waals surface area contributed by atoms with E-state index in [1.807, 2.05) is 43.3 Å². The van der Waals surface area contributed by atoms with E-state index in [0.29, 0.717) is 16.9 Å². The molecular weight excluding hydrogens is 404 g/mol. The van der Waals surface area contributed by atoms with Crippen molar-refractivity contribution in [2.75, 3.05) is 7.11 Å². The highest BCUT2D eigenvalue weighted by Crippen LogP contribution is 2.40. The second-order valence-corrected chi connectivity index (χ2v) is 7.91. The van der Waals surface area contributed by atoms with Gasteiger partial charge in [0.05, 0.1) is 19.7 Å². The Hall–Kier alpha value is -3.93. The summed E-state index contributed by atoms with van der Waals surface area (Å²) < 4.78 is 5.23. The van der Waals surface area contributed by atoms with E-state index in [1.54, 1.807) is 44.6 Å². The molecule has 1 atom stereocenters. The van der Waals surface area contributed by atoms with Gasteiger partial charge in [0.15, 0.2) is 12.4 Å². The fourth-order valence-electron chi connectivity index (χ4n) is 4.02. The number of H-pyrrole nitrogens is 1. The summed E-state index contributed by atoms with van der Waals surface area (Å²) in [6, 6.07) is 15.6. The Morgan fingerprint density at radius 1 is 1.09 bits per heavy atom. The molecule has 2 aromatic carbocycles. The number of pyridine rings is 1. The number of ketones is 1. The topological polar surface area (TPSA) is 83.8 Å². The summed E-state index contributed by atoms with van der Waals surface area (Å²) in [5.41, 5.74) is 3.65. The number of hydrogen-bond donors (Lipinski definition) is 0. The molecule has 1 aromatic heterocycles. The van der Waals surface area contributed by atoms with E-state index in [0.717, 1.165) is 16.7 Å². The summed E-state index contributed by atoms with van der Waals surface area (Å²) in [7, 11) is 1.55. The number of benzene rings is 2. The van der Waals surface area contributed by atoms with Gasteiger partial charge in [-0.1, -0.05) is 41.7 Å². The van der Waals surface area contributed by atoms with Gasteiger partial charge in [-0.05, 0) is 48.7 Å². The minimum atomic E-state index is -0.759. The molecule has 0 saturated carbocycles. The van der Waals surface area contributed by atoms with Crippen molar-refractivity contribution in [3.63, 3.8) is 0 Å². The number of methoxy groups -OCH3 is 1. The number of ether oxygens (including phenoxy) is 1. The summed E-state index contributed by atoms with van der Waals surface area (Å²) in [6.07, 6.45) is 3.54. The summed E-state index contributed by atoms with van der Waals surface area (Å²) in [5.74, 6) is -1.24. The van der Waals surface area contributed by atoms with Gasteiger partial charge in [-0.25, -0.2) is 4.98 Å². The van der Waals surface area contributed by atoms with Crippen LogP contribution in [0.5, 0.6) is 5.75 Å². The average Bonchev–Trinajstić information content (AvgIpc) is 3.04. The molecule has 0 spiro atoms. The molecule has 1 saturated heterocycles. The third kappa shape index (κ3) is 3.87. The van der Waals surface area contributed by atoms with Crippen LogP contribution in [0.25, 0.3) is 5.76 Å². The van der Waals surface area contributed by atoms with Crippen molar-refractivity contribution >= 4 is 17.4 Å². The Morgan fingerprint density at radius 3 is 2.47 bits per heavy atom. The van der Waals surface area contributed by atoms with Crippen molar-refractivity contribution in [3.8, 4) is 5.75 Å². The SMILES string of the molecule is COc1ccc(C([O-])=C2C(=O)C(=O)N(Cc3ccc[nH+]c3)C2c2ccc(C)cc2)c(C)c1. The molecule has 1 amide bonds. The lowest BCUT2D eigenvalue weighted by atomic mass is 9.93. The van der Waals surface area contributed by atoms with Crippen molar-refractivity contribution in [2.24, 2.45) is 0 Å². The molecule has 2 heterocycles. The van der Waals surface area contributed by atoms with Crippen LogP contribution in [0, 0.1) is 13.8 Å². The summed E-state index contributed by atoms with van der Waals surface area (Å²) in [4.78, 5) is 30.7. The van der Waals surface area contributed by atoms with E-state index < -0.39 is 23.5 Å². The van der Waals surface area contributed by atoms with Crippen LogP contribution >= 0.6 is 0 Å². The van der Waals surface area contributed by atoms with Crippen molar-refractivity contribution in [3.05, 3.63) is 100 Å². The number of aromatic amines is 1. The number of carbonyl (C=O) groups excluding carboxylic acids is 2. The summed E-state index contributed by atoms with van der Waals surface area (Å²) in [6.45, 7) is 3.96. The smallest absolute Gasteiger partial charge is 0.295 e. The predicted octanol–water partition coefficient (Wildman–Crippen LogP) is 2.55. The van der Waals surface area contributed by atoms with E-state index in [2.05, 4.69) is 4.98 Å². The molecule has 4 rings (SSSR count). The maximum absolute atomic E-state index is 13.6. The van der Waals surface area contributed by atoms with Crippen LogP contribution < -0.4 is 14.8 Å². The number of carbonyl (C=O) groups is 2. The van der Waals surface area contributed by atoms with Crippen LogP contribution in [0.2, 0.25) is 0 Å². The van der Waals surface area contributed by atoms with Crippen LogP contribution in [0.3, 0.4) is 0 Å². The Labute approximate surface area is 186 Å². The summed E-state index contributed by atoms with van der Waals surface area (Å²) >= 11 is 0. The molecule has 0 bridgehead atoms. The van der Waals surface area contributed by atoms with Crippen molar-refractivity contribution in [2.45, 2.75) is 26.4 Å². The molecule has 3 aromatic rings. The second kappa shape index (κ2) is 8.67. The van der Waals surface area contributed by atoms with Crippen LogP contribution in [0.1, 0.15) is 33.9 Å². The van der Waals surface area contributed by atoms with Gasteiger partial charge in [-0.15, -0.1) is 0 Å². The largest absolute Gasteiger partial charge is 0.872 e. The Bertz CT molecular complexity index is 1200. The van der Waals surface area contributed by atoms with E-state index >= 15 is 0 Å². The first-order valence-electron chi connectivity index (χ1n) is 10.3. The monoisotopic (exact) mass is 428 g/mol. The van der Waals surface area contributed by atoms with Gasteiger partial charge in [-0.2, -0.15) is 0 Å². The minimum Gasteiger partial charge on any atom is -0.872 e. The van der Waals surface area contributed by atoms with Crippen molar-refractivity contribution in [1.82, 2.24) is 4.90 Å². The molecule has 1 aliphatic rings. The first kappa shape index (κ1) is 21.3. The molecule has 0 aliphatic carbocycles. The van der Waals surface area contributed by atoms with Crippen molar-refractivity contribution in [1.29, 1.82) is 0 Å². The average molecular weight is 428 g/mol. The highest BCUT2D eigenvalue weighted by Gasteiger charge is 2.44. The molecular formula is C26H24N2O4.